The quantitative estimate of drug-likeness (QED) is 0.602. The van der Waals surface area contributed by atoms with Crippen LogP contribution in [0.5, 0.6) is 0 Å². The Morgan fingerprint density at radius 1 is 1.17 bits per heavy atom. The Balaban J connectivity index is 1.90. The first kappa shape index (κ1) is 17.7. The summed E-state index contributed by atoms with van der Waals surface area (Å²) in [6, 6.07) is 11.6. The predicted octanol–water partition coefficient (Wildman–Crippen LogP) is 2.58. The molecule has 0 aliphatic heterocycles. The molecule has 122 valence electrons. The van der Waals surface area contributed by atoms with Crippen LogP contribution in [0, 0.1) is 5.82 Å². The van der Waals surface area contributed by atoms with Crippen LogP contribution in [0.4, 0.5) is 4.39 Å². The van der Waals surface area contributed by atoms with Gasteiger partial charge in [-0.05, 0) is 30.3 Å². The first-order chi connectivity index (χ1) is 10.9. The molecular formula is C14H12ClFN2O3S2. The largest absolute Gasteiger partial charge is 0.277 e. The maximum absolute atomic E-state index is 13.4. The average molecular weight is 375 g/mol. The highest BCUT2D eigenvalue weighted by Crippen LogP contribution is 2.20. The monoisotopic (exact) mass is 374 g/mol. The van der Waals surface area contributed by atoms with Gasteiger partial charge in [-0.15, -0.1) is 16.6 Å². The smallest absolute Gasteiger partial charge is 0.257 e. The molecule has 2 rings (SSSR count). The molecule has 0 radical (unpaired) electrons. The molecule has 0 spiro atoms. The molecule has 0 aliphatic rings. The average Bonchev–Trinajstić information content (AvgIpc) is 2.52. The van der Waals surface area contributed by atoms with Crippen molar-refractivity contribution in [3.63, 3.8) is 0 Å². The highest BCUT2D eigenvalue weighted by Gasteiger charge is 2.15. The van der Waals surface area contributed by atoms with Gasteiger partial charge in [0.05, 0.1) is 10.6 Å². The third kappa shape index (κ3) is 5.21. The molecule has 2 aromatic carbocycles. The fraction of sp³-hybridized carbons (Fsp3) is 0.0714. The van der Waals surface area contributed by atoms with Gasteiger partial charge in [0, 0.05) is 9.92 Å². The minimum atomic E-state index is -3.92. The van der Waals surface area contributed by atoms with Gasteiger partial charge in [-0.3, -0.25) is 10.2 Å². The van der Waals surface area contributed by atoms with Crippen molar-refractivity contribution in [3.05, 3.63) is 59.4 Å². The summed E-state index contributed by atoms with van der Waals surface area (Å²) in [6.45, 7) is 0. The minimum Gasteiger partial charge on any atom is -0.277 e. The number of halogens is 2. The van der Waals surface area contributed by atoms with Crippen molar-refractivity contribution in [1.29, 1.82) is 0 Å². The maximum Gasteiger partial charge on any atom is 0.257 e. The molecule has 2 N–H and O–H groups in total. The van der Waals surface area contributed by atoms with Crippen LogP contribution >= 0.6 is 23.4 Å². The van der Waals surface area contributed by atoms with Crippen LogP contribution in [-0.2, 0) is 14.8 Å². The summed E-state index contributed by atoms with van der Waals surface area (Å²) in [7, 11) is -3.92. The molecule has 0 aliphatic carbocycles. The Bertz CT molecular complexity index is 815. The zero-order valence-corrected chi connectivity index (χ0v) is 14.0. The number of thioether (sulfide) groups is 1. The summed E-state index contributed by atoms with van der Waals surface area (Å²) in [5.41, 5.74) is 2.07. The highest BCUT2D eigenvalue weighted by atomic mass is 35.5. The van der Waals surface area contributed by atoms with Crippen molar-refractivity contribution in [2.24, 2.45) is 0 Å². The van der Waals surface area contributed by atoms with E-state index in [-0.39, 0.29) is 15.7 Å². The first-order valence-corrected chi connectivity index (χ1v) is 9.17. The number of carbonyl (C=O) groups is 1. The number of hydrogen-bond acceptors (Lipinski definition) is 4. The number of amides is 1. The van der Waals surface area contributed by atoms with E-state index in [2.05, 4.69) is 5.43 Å². The van der Waals surface area contributed by atoms with Crippen LogP contribution in [0.25, 0.3) is 0 Å². The topological polar surface area (TPSA) is 75.3 Å². The second-order valence-electron chi connectivity index (χ2n) is 4.33. The molecule has 0 unspecified atom stereocenters. The van der Waals surface area contributed by atoms with Gasteiger partial charge < -0.3 is 0 Å². The number of carbonyl (C=O) groups excluding carboxylic acids is 1. The lowest BCUT2D eigenvalue weighted by Crippen LogP contribution is -2.42. The highest BCUT2D eigenvalue weighted by molar-refractivity contribution is 8.00. The molecule has 0 bridgehead atoms. The standard InChI is InChI=1S/C14H12ClFN2O3S2/c15-10-4-3-5-11(8-10)23(20,21)18-17-14(19)9-22-13-7-2-1-6-12(13)16/h1-8,18H,9H2,(H,17,19). The molecule has 0 saturated heterocycles. The molecule has 0 atom stereocenters. The summed E-state index contributed by atoms with van der Waals surface area (Å²) in [5, 5.41) is 0.259. The Kier molecular flexibility index (Phi) is 6.00. The van der Waals surface area contributed by atoms with E-state index >= 15 is 0 Å². The van der Waals surface area contributed by atoms with Gasteiger partial charge in [-0.1, -0.05) is 29.8 Å². The molecule has 1 amide bonds. The second kappa shape index (κ2) is 7.78. The fourth-order valence-corrected chi connectivity index (χ4v) is 3.46. The molecule has 0 heterocycles. The summed E-state index contributed by atoms with van der Waals surface area (Å²) in [4.78, 5) is 13.9. The lowest BCUT2D eigenvalue weighted by atomic mass is 10.3. The fourth-order valence-electron chi connectivity index (χ4n) is 1.56. The Morgan fingerprint density at radius 2 is 1.91 bits per heavy atom. The van der Waals surface area contributed by atoms with E-state index in [0.717, 1.165) is 11.8 Å². The molecule has 9 heteroatoms. The van der Waals surface area contributed by atoms with Gasteiger partial charge in [0.1, 0.15) is 5.82 Å². The summed E-state index contributed by atoms with van der Waals surface area (Å²) in [6.07, 6.45) is 0. The number of hydrogen-bond donors (Lipinski definition) is 2. The molecule has 0 saturated carbocycles. The third-order valence-corrected chi connectivity index (χ3v) is 5.16. The van der Waals surface area contributed by atoms with Crippen LogP contribution in [0.15, 0.2) is 58.3 Å². The summed E-state index contributed by atoms with van der Waals surface area (Å²) >= 11 is 6.69. The number of sulfonamides is 1. The lowest BCUT2D eigenvalue weighted by molar-refractivity contribution is -0.119. The minimum absolute atomic E-state index is 0.0768. The van der Waals surface area contributed by atoms with Crippen LogP contribution in [0.1, 0.15) is 0 Å². The van der Waals surface area contributed by atoms with Crippen LogP contribution < -0.4 is 10.3 Å². The number of hydrazine groups is 1. The number of nitrogens with one attached hydrogen (secondary N) is 2. The van der Waals surface area contributed by atoms with Crippen LogP contribution in [0.2, 0.25) is 5.02 Å². The molecule has 0 aromatic heterocycles. The van der Waals surface area contributed by atoms with Crippen molar-refractivity contribution in [2.45, 2.75) is 9.79 Å². The summed E-state index contributed by atoms with van der Waals surface area (Å²) < 4.78 is 37.3. The van der Waals surface area contributed by atoms with Gasteiger partial charge in [-0.25, -0.2) is 12.8 Å². The summed E-state index contributed by atoms with van der Waals surface area (Å²) in [5.74, 6) is -1.19. The van der Waals surface area contributed by atoms with E-state index in [4.69, 9.17) is 11.6 Å². The van der Waals surface area contributed by atoms with Gasteiger partial charge in [0.25, 0.3) is 10.0 Å². The van der Waals surface area contributed by atoms with Gasteiger partial charge in [0.2, 0.25) is 5.91 Å². The van der Waals surface area contributed by atoms with Crippen molar-refractivity contribution >= 4 is 39.3 Å². The van der Waals surface area contributed by atoms with Crippen molar-refractivity contribution in [2.75, 3.05) is 5.75 Å². The Hall–Kier alpha value is -1.61. The van der Waals surface area contributed by atoms with E-state index in [1.807, 2.05) is 4.83 Å². The normalized spacial score (nSPS) is 11.2. The predicted molar refractivity (Wildman–Crippen MR) is 87.0 cm³/mol. The molecule has 0 fully saturated rings. The maximum atomic E-state index is 13.4. The van der Waals surface area contributed by atoms with E-state index in [1.54, 1.807) is 12.1 Å². The number of benzene rings is 2. The van der Waals surface area contributed by atoms with Crippen LogP contribution in [-0.4, -0.2) is 20.1 Å². The molecule has 5 nitrogen and oxygen atoms in total. The first-order valence-electron chi connectivity index (χ1n) is 6.32. The van der Waals surface area contributed by atoms with E-state index in [1.165, 1.54) is 36.4 Å². The van der Waals surface area contributed by atoms with Crippen LogP contribution in [0.3, 0.4) is 0 Å². The van der Waals surface area contributed by atoms with Gasteiger partial charge in [0.15, 0.2) is 0 Å². The van der Waals surface area contributed by atoms with E-state index in [9.17, 15) is 17.6 Å². The van der Waals surface area contributed by atoms with Gasteiger partial charge in [-0.2, -0.15) is 0 Å². The second-order valence-corrected chi connectivity index (χ2v) is 7.47. The Labute approximate surface area is 142 Å². The SMILES string of the molecule is O=C(CSc1ccccc1F)NNS(=O)(=O)c1cccc(Cl)c1. The Morgan fingerprint density at radius 3 is 2.61 bits per heavy atom. The van der Waals surface area contributed by atoms with E-state index < -0.39 is 21.7 Å². The molecule has 23 heavy (non-hydrogen) atoms. The molecular weight excluding hydrogens is 363 g/mol. The third-order valence-electron chi connectivity index (χ3n) is 2.63. The molecule has 2 aromatic rings. The lowest BCUT2D eigenvalue weighted by Gasteiger charge is -2.08. The van der Waals surface area contributed by atoms with Crippen molar-refractivity contribution in [3.8, 4) is 0 Å². The van der Waals surface area contributed by atoms with Gasteiger partial charge >= 0.3 is 0 Å². The zero-order valence-electron chi connectivity index (χ0n) is 11.6. The van der Waals surface area contributed by atoms with Crippen molar-refractivity contribution in [1.82, 2.24) is 10.3 Å². The van der Waals surface area contributed by atoms with E-state index in [0.29, 0.717) is 4.90 Å². The number of rotatable bonds is 6. The zero-order chi connectivity index (χ0) is 16.9. The van der Waals surface area contributed by atoms with Crippen molar-refractivity contribution < 1.29 is 17.6 Å².